The highest BCUT2D eigenvalue weighted by atomic mass is 16.3. The molecule has 78 valence electrons. The molecule has 0 aliphatic carbocycles. The van der Waals surface area contributed by atoms with Gasteiger partial charge < -0.3 is 10.4 Å². The van der Waals surface area contributed by atoms with Crippen molar-refractivity contribution in [2.45, 2.75) is 45.6 Å². The summed E-state index contributed by atoms with van der Waals surface area (Å²) in [6, 6.07) is 0. The van der Waals surface area contributed by atoms with Gasteiger partial charge in [0.1, 0.15) is 0 Å². The summed E-state index contributed by atoms with van der Waals surface area (Å²) >= 11 is 0. The van der Waals surface area contributed by atoms with E-state index in [-0.39, 0.29) is 0 Å². The molecule has 2 N–H and O–H groups in total. The number of aliphatic hydroxyl groups is 1. The third-order valence-electron chi connectivity index (χ3n) is 3.26. The van der Waals surface area contributed by atoms with Crippen molar-refractivity contribution in [1.82, 2.24) is 5.32 Å². The molecule has 0 radical (unpaired) electrons. The van der Waals surface area contributed by atoms with Crippen molar-refractivity contribution in [3.05, 3.63) is 0 Å². The maximum Gasteiger partial charge on any atom is 0.0697 e. The van der Waals surface area contributed by atoms with Crippen molar-refractivity contribution in [3.63, 3.8) is 0 Å². The largest absolute Gasteiger partial charge is 0.390 e. The summed E-state index contributed by atoms with van der Waals surface area (Å²) < 4.78 is 0. The highest BCUT2D eigenvalue weighted by molar-refractivity contribution is 4.89. The fourth-order valence-electron chi connectivity index (χ4n) is 1.97. The van der Waals surface area contributed by atoms with Crippen molar-refractivity contribution in [1.29, 1.82) is 0 Å². The van der Waals surface area contributed by atoms with E-state index in [1.165, 1.54) is 0 Å². The average Bonchev–Trinajstić information content (AvgIpc) is 2.07. The van der Waals surface area contributed by atoms with E-state index in [1.54, 1.807) is 0 Å². The standard InChI is InChI=1S/C11H23NO/c1-9(2)4-5-11(13)6-7-12-8-10(11)3/h9-10,12-13H,4-8H2,1-3H3. The van der Waals surface area contributed by atoms with Crippen molar-refractivity contribution in [3.8, 4) is 0 Å². The highest BCUT2D eigenvalue weighted by Gasteiger charge is 2.35. The lowest BCUT2D eigenvalue weighted by Crippen LogP contribution is -2.49. The molecule has 0 aromatic rings. The zero-order valence-corrected chi connectivity index (χ0v) is 9.14. The SMILES string of the molecule is CC(C)CCC1(O)CCNCC1C. The van der Waals surface area contributed by atoms with E-state index >= 15 is 0 Å². The molecule has 2 unspecified atom stereocenters. The third-order valence-corrected chi connectivity index (χ3v) is 3.26. The molecule has 1 saturated heterocycles. The van der Waals surface area contributed by atoms with Crippen LogP contribution in [0.2, 0.25) is 0 Å². The molecule has 0 spiro atoms. The Balaban J connectivity index is 2.42. The van der Waals surface area contributed by atoms with Gasteiger partial charge in [-0.3, -0.25) is 0 Å². The molecule has 2 heteroatoms. The lowest BCUT2D eigenvalue weighted by molar-refractivity contribution is -0.0440. The summed E-state index contributed by atoms with van der Waals surface area (Å²) in [5.41, 5.74) is -0.393. The Bertz CT molecular complexity index is 158. The molecular weight excluding hydrogens is 162 g/mol. The molecule has 13 heavy (non-hydrogen) atoms. The molecule has 0 aromatic heterocycles. The first-order valence-corrected chi connectivity index (χ1v) is 5.48. The van der Waals surface area contributed by atoms with Gasteiger partial charge in [-0.1, -0.05) is 20.8 Å². The molecule has 2 nitrogen and oxygen atoms in total. The normalized spacial score (nSPS) is 35.3. The zero-order valence-electron chi connectivity index (χ0n) is 9.14. The summed E-state index contributed by atoms with van der Waals surface area (Å²) in [4.78, 5) is 0. The third kappa shape index (κ3) is 2.96. The first-order chi connectivity index (χ1) is 6.04. The lowest BCUT2D eigenvalue weighted by Gasteiger charge is -2.39. The van der Waals surface area contributed by atoms with Crippen molar-refractivity contribution in [2.75, 3.05) is 13.1 Å². The summed E-state index contributed by atoms with van der Waals surface area (Å²) in [6.45, 7) is 8.52. The Kier molecular flexibility index (Phi) is 3.74. The number of nitrogens with one attached hydrogen (secondary N) is 1. The second kappa shape index (κ2) is 4.43. The number of piperidine rings is 1. The van der Waals surface area contributed by atoms with E-state index in [2.05, 4.69) is 26.1 Å². The molecule has 0 aromatic carbocycles. The van der Waals surface area contributed by atoms with Crippen LogP contribution in [-0.4, -0.2) is 23.8 Å². The van der Waals surface area contributed by atoms with Gasteiger partial charge in [-0.2, -0.15) is 0 Å². The van der Waals surface area contributed by atoms with Crippen LogP contribution < -0.4 is 5.32 Å². The van der Waals surface area contributed by atoms with Crippen LogP contribution in [0.3, 0.4) is 0 Å². The number of hydrogen-bond donors (Lipinski definition) is 2. The molecular formula is C11H23NO. The molecule has 0 bridgehead atoms. The molecule has 1 heterocycles. The molecule has 0 amide bonds. The van der Waals surface area contributed by atoms with Gasteiger partial charge in [0.25, 0.3) is 0 Å². The maximum absolute atomic E-state index is 10.3. The van der Waals surface area contributed by atoms with Gasteiger partial charge in [-0.25, -0.2) is 0 Å². The van der Waals surface area contributed by atoms with Crippen molar-refractivity contribution < 1.29 is 5.11 Å². The van der Waals surface area contributed by atoms with E-state index in [0.717, 1.165) is 32.4 Å². The van der Waals surface area contributed by atoms with E-state index in [1.807, 2.05) is 0 Å². The Hall–Kier alpha value is -0.0800. The minimum absolute atomic E-state index is 0.393. The van der Waals surface area contributed by atoms with Gasteiger partial charge in [-0.05, 0) is 37.6 Å². The van der Waals surface area contributed by atoms with Crippen LogP contribution in [-0.2, 0) is 0 Å². The van der Waals surface area contributed by atoms with Crippen LogP contribution in [0.4, 0.5) is 0 Å². The second-order valence-electron chi connectivity index (χ2n) is 4.89. The predicted octanol–water partition coefficient (Wildman–Crippen LogP) is 1.78. The Morgan fingerprint density at radius 3 is 2.77 bits per heavy atom. The summed E-state index contributed by atoms with van der Waals surface area (Å²) in [7, 11) is 0. The molecule has 1 aliphatic heterocycles. The molecule has 2 atom stereocenters. The summed E-state index contributed by atoms with van der Waals surface area (Å²) in [5, 5.41) is 13.7. The summed E-state index contributed by atoms with van der Waals surface area (Å²) in [5.74, 6) is 1.10. The molecule has 1 fully saturated rings. The maximum atomic E-state index is 10.3. The van der Waals surface area contributed by atoms with Gasteiger partial charge in [0.2, 0.25) is 0 Å². The van der Waals surface area contributed by atoms with Crippen molar-refractivity contribution in [2.24, 2.45) is 11.8 Å². The monoisotopic (exact) mass is 185 g/mol. The van der Waals surface area contributed by atoms with Crippen molar-refractivity contribution >= 4 is 0 Å². The van der Waals surface area contributed by atoms with E-state index in [4.69, 9.17) is 0 Å². The minimum atomic E-state index is -0.393. The predicted molar refractivity (Wildman–Crippen MR) is 55.7 cm³/mol. The van der Waals surface area contributed by atoms with Crippen LogP contribution in [0.1, 0.15) is 40.0 Å². The lowest BCUT2D eigenvalue weighted by atomic mass is 9.78. The van der Waals surface area contributed by atoms with Crippen LogP contribution in [0.15, 0.2) is 0 Å². The quantitative estimate of drug-likeness (QED) is 0.702. The number of hydrogen-bond acceptors (Lipinski definition) is 2. The minimum Gasteiger partial charge on any atom is -0.390 e. The fraction of sp³-hybridized carbons (Fsp3) is 1.00. The van der Waals surface area contributed by atoms with E-state index in [0.29, 0.717) is 11.8 Å². The zero-order chi connectivity index (χ0) is 9.90. The summed E-state index contributed by atoms with van der Waals surface area (Å²) in [6.07, 6.45) is 3.02. The topological polar surface area (TPSA) is 32.3 Å². The van der Waals surface area contributed by atoms with Gasteiger partial charge in [0, 0.05) is 6.54 Å². The smallest absolute Gasteiger partial charge is 0.0697 e. The second-order valence-corrected chi connectivity index (χ2v) is 4.89. The van der Waals surface area contributed by atoms with Gasteiger partial charge in [-0.15, -0.1) is 0 Å². The van der Waals surface area contributed by atoms with Gasteiger partial charge in [0.15, 0.2) is 0 Å². The van der Waals surface area contributed by atoms with E-state index < -0.39 is 5.60 Å². The molecule has 1 rings (SSSR count). The number of rotatable bonds is 3. The van der Waals surface area contributed by atoms with Crippen LogP contribution in [0.5, 0.6) is 0 Å². The van der Waals surface area contributed by atoms with Crippen LogP contribution >= 0.6 is 0 Å². The molecule has 0 saturated carbocycles. The Labute approximate surface area is 81.7 Å². The van der Waals surface area contributed by atoms with Gasteiger partial charge >= 0.3 is 0 Å². The average molecular weight is 185 g/mol. The van der Waals surface area contributed by atoms with Gasteiger partial charge in [0.05, 0.1) is 5.60 Å². The highest BCUT2D eigenvalue weighted by Crippen LogP contribution is 2.30. The Morgan fingerprint density at radius 2 is 2.23 bits per heavy atom. The van der Waals surface area contributed by atoms with Crippen LogP contribution in [0.25, 0.3) is 0 Å². The Morgan fingerprint density at radius 1 is 1.54 bits per heavy atom. The first kappa shape index (κ1) is 11.0. The molecule has 1 aliphatic rings. The van der Waals surface area contributed by atoms with Crippen LogP contribution in [0, 0.1) is 11.8 Å². The fourth-order valence-corrected chi connectivity index (χ4v) is 1.97. The van der Waals surface area contributed by atoms with E-state index in [9.17, 15) is 5.11 Å². The first-order valence-electron chi connectivity index (χ1n) is 5.48.